The zero-order valence-corrected chi connectivity index (χ0v) is 19.2. The Labute approximate surface area is 197 Å². The maximum absolute atomic E-state index is 9.39. The Hall–Kier alpha value is -2.55. The van der Waals surface area contributed by atoms with E-state index in [0.717, 1.165) is 35.1 Å². The Morgan fingerprint density at radius 2 is 1.97 bits per heavy atom. The Morgan fingerprint density at radius 1 is 1.22 bits per heavy atom. The third-order valence-corrected chi connectivity index (χ3v) is 7.77. The lowest BCUT2D eigenvalue weighted by Gasteiger charge is -2.50. The van der Waals surface area contributed by atoms with Gasteiger partial charge in [-0.3, -0.25) is 0 Å². The van der Waals surface area contributed by atoms with Gasteiger partial charge in [-0.25, -0.2) is 4.99 Å². The fourth-order valence-electron chi connectivity index (χ4n) is 6.54. The molecule has 32 heavy (non-hydrogen) atoms. The molecule has 6 heteroatoms. The number of benzene rings is 2. The van der Waals surface area contributed by atoms with Crippen molar-refractivity contribution in [1.29, 1.82) is 5.26 Å². The van der Waals surface area contributed by atoms with Gasteiger partial charge in [0.05, 0.1) is 20.5 Å². The van der Waals surface area contributed by atoms with Crippen molar-refractivity contribution in [3.05, 3.63) is 58.1 Å². The Balaban J connectivity index is 1.71. The van der Waals surface area contributed by atoms with Crippen LogP contribution in [0, 0.1) is 28.6 Å². The second-order valence-corrected chi connectivity index (χ2v) is 10.0. The largest absolute Gasteiger partial charge is 0.462 e. The summed E-state index contributed by atoms with van der Waals surface area (Å²) in [5.41, 5.74) is 8.23. The van der Waals surface area contributed by atoms with Gasteiger partial charge in [-0.2, -0.15) is 5.26 Å². The van der Waals surface area contributed by atoms with E-state index in [1.54, 1.807) is 19.2 Å². The summed E-state index contributed by atoms with van der Waals surface area (Å²) >= 11 is 6.28. The molecule has 0 amide bonds. The number of methoxy groups -OCH3 is 1. The number of ether oxygens (including phenoxy) is 2. The molecule has 5 rings (SSSR count). The predicted molar refractivity (Wildman–Crippen MR) is 125 cm³/mol. The molecule has 5 nitrogen and oxygen atoms in total. The van der Waals surface area contributed by atoms with E-state index in [4.69, 9.17) is 34.5 Å². The number of amidine groups is 1. The maximum Gasteiger partial charge on any atom is 0.283 e. The zero-order valence-electron chi connectivity index (χ0n) is 20.5. The average molecular weight is 452 g/mol. The van der Waals surface area contributed by atoms with E-state index in [1.807, 2.05) is 24.3 Å². The molecule has 3 aliphatic rings. The quantitative estimate of drug-likeness (QED) is 0.693. The molecule has 3 unspecified atom stereocenters. The first-order valence-electron chi connectivity index (χ1n) is 12.0. The monoisotopic (exact) mass is 451 g/mol. The smallest absolute Gasteiger partial charge is 0.283 e. The summed E-state index contributed by atoms with van der Waals surface area (Å²) in [5, 5.41) is 9.87. The van der Waals surface area contributed by atoms with Crippen LogP contribution < -0.4 is 5.73 Å². The van der Waals surface area contributed by atoms with E-state index in [-0.39, 0.29) is 24.0 Å². The van der Waals surface area contributed by atoms with Gasteiger partial charge in [0, 0.05) is 17.5 Å². The summed E-state index contributed by atoms with van der Waals surface area (Å²) in [7, 11) is 1.75. The van der Waals surface area contributed by atoms with Crippen molar-refractivity contribution < 1.29 is 12.2 Å². The van der Waals surface area contributed by atoms with Crippen LogP contribution in [0.1, 0.15) is 46.1 Å². The van der Waals surface area contributed by atoms with Gasteiger partial charge < -0.3 is 15.2 Å². The zero-order chi connectivity index (χ0) is 24.5. The van der Waals surface area contributed by atoms with Crippen molar-refractivity contribution >= 4 is 17.6 Å². The van der Waals surface area contributed by atoms with E-state index in [9.17, 15) is 5.26 Å². The lowest BCUT2D eigenvalue weighted by molar-refractivity contribution is -0.0779. The number of nitrogens with zero attached hydrogens (tertiary/aromatic N) is 2. The number of rotatable bonds is 2. The van der Waals surface area contributed by atoms with Crippen molar-refractivity contribution in [2.75, 3.05) is 13.7 Å². The Kier molecular flexibility index (Phi) is 4.45. The van der Waals surface area contributed by atoms with Crippen molar-refractivity contribution in [2.45, 2.75) is 44.8 Å². The minimum absolute atomic E-state index is 0.104. The van der Waals surface area contributed by atoms with Gasteiger partial charge in [0.15, 0.2) is 0 Å². The summed E-state index contributed by atoms with van der Waals surface area (Å²) in [6.45, 7) is 2.23. The Bertz CT molecular complexity index is 1230. The first kappa shape index (κ1) is 19.0. The average Bonchev–Trinajstić information content (AvgIpc) is 3.16. The molecule has 1 fully saturated rings. The first-order valence-corrected chi connectivity index (χ1v) is 11.4. The number of hydrogen-bond acceptors (Lipinski definition) is 5. The lowest BCUT2D eigenvalue weighted by atomic mass is 9.57. The molecule has 1 saturated carbocycles. The van der Waals surface area contributed by atoms with Crippen LogP contribution in [0.25, 0.3) is 11.1 Å². The minimum Gasteiger partial charge on any atom is -0.462 e. The van der Waals surface area contributed by atoms with E-state index in [1.165, 1.54) is 0 Å². The minimum atomic E-state index is -2.10. The van der Waals surface area contributed by atoms with Gasteiger partial charge in [-0.15, -0.1) is 0 Å². The molecular weight excluding hydrogens is 422 g/mol. The third kappa shape index (κ3) is 3.04. The fourth-order valence-corrected chi connectivity index (χ4v) is 6.77. The van der Waals surface area contributed by atoms with Crippen LogP contribution in [-0.4, -0.2) is 25.8 Å². The second kappa shape index (κ2) is 7.50. The molecule has 2 aromatic rings. The van der Waals surface area contributed by atoms with Gasteiger partial charge in [0.2, 0.25) is 0 Å². The maximum atomic E-state index is 9.39. The summed E-state index contributed by atoms with van der Waals surface area (Å²) in [6, 6.07) is 13.3. The molecule has 0 saturated heterocycles. The van der Waals surface area contributed by atoms with Crippen LogP contribution in [-0.2, 0) is 21.4 Å². The molecular formula is C26H28ClN3O2. The SMILES string of the molecule is [2H]C1([2H])OC(N)=NC12c1cc(-c3cc(Cl)cc(C#N)c3)ccc1CC21C[C@@H](C)C(OC)[C@@H](C)C1. The van der Waals surface area contributed by atoms with Gasteiger partial charge in [-0.05, 0) is 77.6 Å². The van der Waals surface area contributed by atoms with Crippen LogP contribution in [0.5, 0.6) is 0 Å². The number of nitrogens with two attached hydrogens (primary N) is 1. The predicted octanol–water partition coefficient (Wildman–Crippen LogP) is 5.04. The van der Waals surface area contributed by atoms with Crippen molar-refractivity contribution in [3.63, 3.8) is 0 Å². The molecule has 166 valence electrons. The first-order chi connectivity index (χ1) is 16.1. The van der Waals surface area contributed by atoms with Gasteiger partial charge in [0.1, 0.15) is 12.1 Å². The molecule has 1 heterocycles. The highest BCUT2D eigenvalue weighted by Gasteiger charge is 2.63. The fraction of sp³-hybridized carbons (Fsp3) is 0.462. The molecule has 2 spiro atoms. The number of nitriles is 1. The van der Waals surface area contributed by atoms with Crippen LogP contribution >= 0.6 is 11.6 Å². The molecule has 1 aliphatic heterocycles. The molecule has 5 atom stereocenters. The van der Waals surface area contributed by atoms with E-state index < -0.39 is 17.5 Å². The van der Waals surface area contributed by atoms with Gasteiger partial charge in [0.25, 0.3) is 6.02 Å². The lowest BCUT2D eigenvalue weighted by Crippen LogP contribution is -2.51. The molecule has 0 radical (unpaired) electrons. The van der Waals surface area contributed by atoms with Crippen LogP contribution in [0.15, 0.2) is 41.4 Å². The summed E-state index contributed by atoms with van der Waals surface area (Å²) < 4.78 is 29.4. The number of hydrogen-bond donors (Lipinski definition) is 1. The number of fused-ring (bicyclic) bond motifs is 3. The molecule has 2 N–H and O–H groups in total. The highest BCUT2D eigenvalue weighted by Crippen LogP contribution is 2.63. The molecule has 0 bridgehead atoms. The highest BCUT2D eigenvalue weighted by atomic mass is 35.5. The van der Waals surface area contributed by atoms with Crippen molar-refractivity contribution in [1.82, 2.24) is 0 Å². The van der Waals surface area contributed by atoms with Gasteiger partial charge >= 0.3 is 0 Å². The highest BCUT2D eigenvalue weighted by molar-refractivity contribution is 6.31. The summed E-state index contributed by atoms with van der Waals surface area (Å²) in [5.74, 6) is 0.441. The standard InChI is InChI=1S/C26H28ClN3O2/c1-15-10-25(11-16(2)23(15)31-3)12-19-5-4-18(20-6-17(13-28)7-21(27)8-20)9-22(19)26(25)14-32-24(29)30-26/h4-9,15-16,23H,10-12,14H2,1-3H3,(H2,29,30)/t15-,16+,23?,25?,26?/i14D2. The normalized spacial score (nSPS) is 35.6. The summed E-state index contributed by atoms with van der Waals surface area (Å²) in [4.78, 5) is 4.77. The summed E-state index contributed by atoms with van der Waals surface area (Å²) in [6.07, 6.45) is 2.28. The second-order valence-electron chi connectivity index (χ2n) is 9.60. The van der Waals surface area contributed by atoms with Crippen LogP contribution in [0.4, 0.5) is 0 Å². The molecule has 0 aromatic heterocycles. The van der Waals surface area contributed by atoms with Crippen molar-refractivity contribution in [3.8, 4) is 17.2 Å². The van der Waals surface area contributed by atoms with Crippen LogP contribution in [0.2, 0.25) is 5.02 Å². The number of halogens is 1. The van der Waals surface area contributed by atoms with E-state index in [0.29, 0.717) is 17.0 Å². The Morgan fingerprint density at radius 3 is 2.59 bits per heavy atom. The van der Waals surface area contributed by atoms with Crippen LogP contribution in [0.3, 0.4) is 0 Å². The van der Waals surface area contributed by atoms with E-state index >= 15 is 0 Å². The molecule has 2 aliphatic carbocycles. The van der Waals surface area contributed by atoms with E-state index in [2.05, 4.69) is 19.9 Å². The van der Waals surface area contributed by atoms with Gasteiger partial charge in [-0.1, -0.05) is 37.6 Å². The van der Waals surface area contributed by atoms with Crippen molar-refractivity contribution in [2.24, 2.45) is 28.0 Å². The molecule has 2 aromatic carbocycles. The topological polar surface area (TPSA) is 80.6 Å². The third-order valence-electron chi connectivity index (χ3n) is 7.56. The number of aliphatic imine (C=N–C) groups is 1.